The molecule has 1 atom stereocenters. The number of benzene rings is 1. The summed E-state index contributed by atoms with van der Waals surface area (Å²) in [6, 6.07) is 1.32. The summed E-state index contributed by atoms with van der Waals surface area (Å²) in [5.41, 5.74) is 0.421. The summed E-state index contributed by atoms with van der Waals surface area (Å²) in [6.45, 7) is 7.00. The highest BCUT2D eigenvalue weighted by Crippen LogP contribution is 2.38. The van der Waals surface area contributed by atoms with E-state index in [4.69, 9.17) is 0 Å². The molecule has 2 N–H and O–H groups in total. The summed E-state index contributed by atoms with van der Waals surface area (Å²) in [4.78, 5) is 2.18. The van der Waals surface area contributed by atoms with Gasteiger partial charge in [-0.1, -0.05) is 6.08 Å². The normalized spacial score (nSPS) is 17.7. The summed E-state index contributed by atoms with van der Waals surface area (Å²) >= 11 is 3.01. The molecule has 6 heteroatoms. The van der Waals surface area contributed by atoms with Crippen LogP contribution in [0, 0.1) is 11.6 Å². The highest BCUT2D eigenvalue weighted by atomic mass is 79.9. The maximum Gasteiger partial charge on any atom is 0.201 e. The lowest BCUT2D eigenvalue weighted by Gasteiger charge is -2.35. The predicted molar refractivity (Wildman–Crippen MR) is 82.3 cm³/mol. The molecule has 0 aliphatic carbocycles. The van der Waals surface area contributed by atoms with E-state index in [0.717, 1.165) is 32.6 Å². The summed E-state index contributed by atoms with van der Waals surface area (Å²) in [5.74, 6) is -2.85. The number of aromatic hydroxyl groups is 1. The maximum atomic E-state index is 13.8. The van der Waals surface area contributed by atoms with Crippen LogP contribution in [-0.2, 0) is 0 Å². The number of phenolic OH excluding ortho intramolecular Hbond substituents is 1. The lowest BCUT2D eigenvalue weighted by atomic mass is 9.98. The number of halogens is 3. The van der Waals surface area contributed by atoms with Gasteiger partial charge in [-0.2, -0.15) is 4.39 Å². The maximum absolute atomic E-state index is 13.8. The van der Waals surface area contributed by atoms with Crippen molar-refractivity contribution in [1.82, 2.24) is 10.2 Å². The van der Waals surface area contributed by atoms with Crippen LogP contribution < -0.4 is 5.32 Å². The Bertz CT molecular complexity index is 519. The Morgan fingerprint density at radius 3 is 2.67 bits per heavy atom. The van der Waals surface area contributed by atoms with Crippen LogP contribution in [0.1, 0.15) is 24.4 Å². The monoisotopic (exact) mass is 360 g/mol. The number of phenols is 1. The minimum atomic E-state index is -1.20. The third-order valence-electron chi connectivity index (χ3n) is 3.76. The molecule has 21 heavy (non-hydrogen) atoms. The smallest absolute Gasteiger partial charge is 0.201 e. The first-order valence-electron chi connectivity index (χ1n) is 6.98. The molecule has 0 unspecified atom stereocenters. The second kappa shape index (κ2) is 7.33. The number of allylic oxidation sites excluding steroid dienone is 1. The molecule has 1 aliphatic rings. The molecule has 2 rings (SSSR count). The van der Waals surface area contributed by atoms with Gasteiger partial charge < -0.3 is 10.4 Å². The molecule has 0 radical (unpaired) electrons. The topological polar surface area (TPSA) is 35.5 Å². The van der Waals surface area contributed by atoms with Crippen LogP contribution in [-0.4, -0.2) is 36.2 Å². The van der Waals surface area contributed by atoms with Crippen LogP contribution in [0.2, 0.25) is 0 Å². The van der Waals surface area contributed by atoms with E-state index >= 15 is 0 Å². The quantitative estimate of drug-likeness (QED) is 0.624. The van der Waals surface area contributed by atoms with Crippen LogP contribution in [0.3, 0.4) is 0 Å². The van der Waals surface area contributed by atoms with Gasteiger partial charge in [-0.3, -0.25) is 4.90 Å². The third-order valence-corrected chi connectivity index (χ3v) is 4.34. The lowest BCUT2D eigenvalue weighted by molar-refractivity contribution is 0.162. The SMILES string of the molecule is C=CCC[C@@H](c1cc(Br)c(F)c(F)c1O)N1CCNCC1. The van der Waals surface area contributed by atoms with E-state index in [1.54, 1.807) is 6.08 Å². The van der Waals surface area contributed by atoms with Crippen LogP contribution in [0.15, 0.2) is 23.2 Å². The molecule has 3 nitrogen and oxygen atoms in total. The molecular weight excluding hydrogens is 342 g/mol. The molecule has 0 saturated carbocycles. The van der Waals surface area contributed by atoms with E-state index in [-0.39, 0.29) is 10.5 Å². The van der Waals surface area contributed by atoms with Crippen LogP contribution in [0.5, 0.6) is 5.75 Å². The van der Waals surface area contributed by atoms with Crippen molar-refractivity contribution in [3.05, 3.63) is 40.4 Å². The van der Waals surface area contributed by atoms with Gasteiger partial charge in [0.1, 0.15) is 0 Å². The fourth-order valence-electron chi connectivity index (χ4n) is 2.66. The van der Waals surface area contributed by atoms with E-state index in [1.165, 1.54) is 6.07 Å². The van der Waals surface area contributed by atoms with Crippen molar-refractivity contribution >= 4 is 15.9 Å². The Kier molecular flexibility index (Phi) is 5.72. The van der Waals surface area contributed by atoms with Gasteiger partial charge in [-0.05, 0) is 34.8 Å². The molecule has 1 saturated heterocycles. The molecular formula is C15H19BrF2N2O. The van der Waals surface area contributed by atoms with Gasteiger partial charge in [0.2, 0.25) is 5.82 Å². The standard InChI is InChI=1S/C15H19BrF2N2O/c1-2-3-4-12(20-7-5-19-6-8-20)10-9-11(16)13(17)14(18)15(10)21/h2,9,12,19,21H,1,3-8H2/t12-/m0/s1. The molecule has 0 amide bonds. The molecule has 0 aromatic heterocycles. The van der Waals surface area contributed by atoms with Crippen LogP contribution in [0.4, 0.5) is 8.78 Å². The molecule has 1 fully saturated rings. The number of rotatable bonds is 5. The van der Waals surface area contributed by atoms with Crippen molar-refractivity contribution in [1.29, 1.82) is 0 Å². The van der Waals surface area contributed by atoms with Crippen molar-refractivity contribution < 1.29 is 13.9 Å². The summed E-state index contributed by atoms with van der Waals surface area (Å²) < 4.78 is 27.3. The van der Waals surface area contributed by atoms with E-state index in [1.807, 2.05) is 0 Å². The van der Waals surface area contributed by atoms with E-state index in [0.29, 0.717) is 12.0 Å². The zero-order valence-corrected chi connectivity index (χ0v) is 13.3. The number of nitrogens with zero attached hydrogens (tertiary/aromatic N) is 1. The number of hydrogen-bond donors (Lipinski definition) is 2. The van der Waals surface area contributed by atoms with Gasteiger partial charge in [-0.15, -0.1) is 6.58 Å². The second-order valence-corrected chi connectivity index (χ2v) is 5.95. The Morgan fingerprint density at radius 2 is 2.05 bits per heavy atom. The summed E-state index contributed by atoms with van der Waals surface area (Å²) in [7, 11) is 0. The highest BCUT2D eigenvalue weighted by Gasteiger charge is 2.27. The van der Waals surface area contributed by atoms with Gasteiger partial charge >= 0.3 is 0 Å². The fraction of sp³-hybridized carbons (Fsp3) is 0.467. The first-order valence-corrected chi connectivity index (χ1v) is 7.77. The van der Waals surface area contributed by atoms with Gasteiger partial charge in [0, 0.05) is 37.8 Å². The number of hydrogen-bond acceptors (Lipinski definition) is 3. The van der Waals surface area contributed by atoms with Crippen molar-refractivity contribution in [2.45, 2.75) is 18.9 Å². The second-order valence-electron chi connectivity index (χ2n) is 5.09. The van der Waals surface area contributed by atoms with Gasteiger partial charge in [0.15, 0.2) is 11.6 Å². The van der Waals surface area contributed by atoms with Gasteiger partial charge in [0.05, 0.1) is 4.47 Å². The molecule has 1 aromatic carbocycles. The molecule has 116 valence electrons. The molecule has 1 aliphatic heterocycles. The van der Waals surface area contributed by atoms with Gasteiger partial charge in [0.25, 0.3) is 0 Å². The lowest BCUT2D eigenvalue weighted by Crippen LogP contribution is -2.45. The molecule has 1 heterocycles. The van der Waals surface area contributed by atoms with Crippen molar-refractivity contribution in [3.8, 4) is 5.75 Å². The van der Waals surface area contributed by atoms with Crippen molar-refractivity contribution in [2.24, 2.45) is 0 Å². The Labute approximate surface area is 131 Å². The number of piperazine rings is 1. The van der Waals surface area contributed by atoms with Crippen LogP contribution in [0.25, 0.3) is 0 Å². The van der Waals surface area contributed by atoms with Crippen molar-refractivity contribution in [2.75, 3.05) is 26.2 Å². The molecule has 0 bridgehead atoms. The Morgan fingerprint density at radius 1 is 1.38 bits per heavy atom. The van der Waals surface area contributed by atoms with E-state index < -0.39 is 17.4 Å². The predicted octanol–water partition coefficient (Wildman–Crippen LogP) is 3.35. The first kappa shape index (κ1) is 16.4. The average Bonchev–Trinajstić information content (AvgIpc) is 2.51. The minimum Gasteiger partial charge on any atom is -0.505 e. The third kappa shape index (κ3) is 3.62. The first-order chi connectivity index (χ1) is 10.1. The Balaban J connectivity index is 2.37. The largest absolute Gasteiger partial charge is 0.505 e. The Hall–Kier alpha value is -0.980. The molecule has 1 aromatic rings. The van der Waals surface area contributed by atoms with Gasteiger partial charge in [-0.25, -0.2) is 4.39 Å². The fourth-order valence-corrected chi connectivity index (χ4v) is 3.08. The van der Waals surface area contributed by atoms with E-state index in [9.17, 15) is 13.9 Å². The van der Waals surface area contributed by atoms with Crippen LogP contribution >= 0.6 is 15.9 Å². The molecule has 0 spiro atoms. The zero-order chi connectivity index (χ0) is 15.4. The van der Waals surface area contributed by atoms with E-state index in [2.05, 4.69) is 32.7 Å². The minimum absolute atomic E-state index is 0.0338. The highest BCUT2D eigenvalue weighted by molar-refractivity contribution is 9.10. The summed E-state index contributed by atoms with van der Waals surface area (Å²) in [5, 5.41) is 13.3. The summed E-state index contributed by atoms with van der Waals surface area (Å²) in [6.07, 6.45) is 3.24. The zero-order valence-electron chi connectivity index (χ0n) is 11.7. The van der Waals surface area contributed by atoms with Crippen molar-refractivity contribution in [3.63, 3.8) is 0 Å². The number of nitrogens with one attached hydrogen (secondary N) is 1. The average molecular weight is 361 g/mol.